The molecule has 1 aromatic heterocycles. The molecule has 7 heteroatoms. The third-order valence-corrected chi connectivity index (χ3v) is 3.11. The summed E-state index contributed by atoms with van der Waals surface area (Å²) in [6.07, 6.45) is 3.84. The number of hydrogen-bond donors (Lipinski definition) is 3. The highest BCUT2D eigenvalue weighted by molar-refractivity contribution is 5.98. The fraction of sp³-hybridized carbons (Fsp3) is 0.571. The first-order valence-corrected chi connectivity index (χ1v) is 6.90. The molecule has 2 heterocycles. The molecule has 1 atom stereocenters. The van der Waals surface area contributed by atoms with Gasteiger partial charge in [-0.3, -0.25) is 4.79 Å². The zero-order chi connectivity index (χ0) is 13.7. The maximum atomic E-state index is 12.3. The van der Waals surface area contributed by atoms with E-state index in [0.29, 0.717) is 11.4 Å². The fourth-order valence-corrected chi connectivity index (χ4v) is 2.22. The lowest BCUT2D eigenvalue weighted by atomic mass is 10.1. The minimum atomic E-state index is -0.0510. The first-order valence-electron chi connectivity index (χ1n) is 6.90. The molecule has 21 heavy (non-hydrogen) atoms. The Labute approximate surface area is 138 Å². The number of halogens is 2. The highest BCUT2D eigenvalue weighted by Gasteiger charge is 2.18. The van der Waals surface area contributed by atoms with Crippen LogP contribution in [0.15, 0.2) is 18.3 Å². The lowest BCUT2D eigenvalue weighted by Gasteiger charge is -2.24. The second-order valence-corrected chi connectivity index (χ2v) is 5.22. The van der Waals surface area contributed by atoms with Gasteiger partial charge in [0.25, 0.3) is 5.91 Å². The molecule has 1 aliphatic heterocycles. The molecular formula is C14H24Cl2N4O. The van der Waals surface area contributed by atoms with Crippen molar-refractivity contribution < 1.29 is 4.79 Å². The lowest BCUT2D eigenvalue weighted by molar-refractivity contribution is 0.0931. The van der Waals surface area contributed by atoms with Crippen molar-refractivity contribution in [2.75, 3.05) is 18.4 Å². The summed E-state index contributed by atoms with van der Waals surface area (Å²) in [5, 5.41) is 9.56. The number of piperidine rings is 1. The molecule has 0 radical (unpaired) electrons. The van der Waals surface area contributed by atoms with Gasteiger partial charge in [-0.15, -0.1) is 24.8 Å². The van der Waals surface area contributed by atoms with Crippen LogP contribution in [-0.2, 0) is 0 Å². The molecule has 3 N–H and O–H groups in total. The molecule has 5 nitrogen and oxygen atoms in total. The lowest BCUT2D eigenvalue weighted by Crippen LogP contribution is -2.45. The van der Waals surface area contributed by atoms with Crippen LogP contribution in [-0.4, -0.2) is 36.1 Å². The zero-order valence-corrected chi connectivity index (χ0v) is 14.0. The molecule has 1 aromatic rings. The van der Waals surface area contributed by atoms with Crippen LogP contribution in [0.4, 0.5) is 5.82 Å². The predicted molar refractivity (Wildman–Crippen MR) is 90.8 cm³/mol. The van der Waals surface area contributed by atoms with Crippen molar-refractivity contribution in [2.45, 2.75) is 38.8 Å². The van der Waals surface area contributed by atoms with Crippen LogP contribution in [0.2, 0.25) is 0 Å². The molecule has 1 aliphatic rings. The maximum absolute atomic E-state index is 12.3. The predicted octanol–water partition coefficient (Wildman–Crippen LogP) is 2.23. The van der Waals surface area contributed by atoms with E-state index in [1.54, 1.807) is 12.3 Å². The Bertz CT molecular complexity index is 437. The molecule has 120 valence electrons. The molecular weight excluding hydrogens is 311 g/mol. The highest BCUT2D eigenvalue weighted by atomic mass is 35.5. The molecule has 1 unspecified atom stereocenters. The second kappa shape index (κ2) is 9.82. The molecule has 0 saturated carbocycles. The summed E-state index contributed by atoms with van der Waals surface area (Å²) in [5.41, 5.74) is 0.613. The van der Waals surface area contributed by atoms with Crippen LogP contribution in [0.25, 0.3) is 0 Å². The van der Waals surface area contributed by atoms with E-state index in [1.807, 2.05) is 19.9 Å². The smallest absolute Gasteiger partial charge is 0.255 e. The van der Waals surface area contributed by atoms with Gasteiger partial charge in [0.15, 0.2) is 0 Å². The zero-order valence-electron chi connectivity index (χ0n) is 12.4. The van der Waals surface area contributed by atoms with Crippen LogP contribution in [0.3, 0.4) is 0 Å². The third kappa shape index (κ3) is 6.08. The van der Waals surface area contributed by atoms with Gasteiger partial charge in [-0.25, -0.2) is 4.98 Å². The standard InChI is InChI=1S/C14H22N4O.2ClH/c1-10(2)17-13-12(6-4-8-16-13)14(19)18-11-5-3-7-15-9-11;;/h4,6,8,10-11,15H,3,5,7,9H2,1-2H3,(H,16,17)(H,18,19);2*1H. The molecule has 1 amide bonds. The van der Waals surface area contributed by atoms with E-state index in [2.05, 4.69) is 20.9 Å². The van der Waals surface area contributed by atoms with E-state index in [9.17, 15) is 4.79 Å². The molecule has 1 fully saturated rings. The highest BCUT2D eigenvalue weighted by Crippen LogP contribution is 2.13. The summed E-state index contributed by atoms with van der Waals surface area (Å²) < 4.78 is 0. The molecule has 0 bridgehead atoms. The number of rotatable bonds is 4. The van der Waals surface area contributed by atoms with Crippen LogP contribution in [0, 0.1) is 0 Å². The topological polar surface area (TPSA) is 66.0 Å². The van der Waals surface area contributed by atoms with Crippen molar-refractivity contribution in [1.82, 2.24) is 15.6 Å². The van der Waals surface area contributed by atoms with E-state index in [0.717, 1.165) is 25.9 Å². The van der Waals surface area contributed by atoms with Crippen LogP contribution < -0.4 is 16.0 Å². The van der Waals surface area contributed by atoms with Gasteiger partial charge < -0.3 is 16.0 Å². The van der Waals surface area contributed by atoms with Crippen molar-refractivity contribution in [3.05, 3.63) is 23.9 Å². The van der Waals surface area contributed by atoms with Gasteiger partial charge in [-0.2, -0.15) is 0 Å². The van der Waals surface area contributed by atoms with Gasteiger partial charge in [0.1, 0.15) is 5.82 Å². The number of hydrogen-bond acceptors (Lipinski definition) is 4. The van der Waals surface area contributed by atoms with E-state index in [-0.39, 0.29) is 42.8 Å². The number of pyridine rings is 1. The van der Waals surface area contributed by atoms with Crippen molar-refractivity contribution in [3.8, 4) is 0 Å². The summed E-state index contributed by atoms with van der Waals surface area (Å²) in [5.74, 6) is 0.601. The molecule has 0 spiro atoms. The number of carbonyl (C=O) groups is 1. The molecule has 0 aliphatic carbocycles. The summed E-state index contributed by atoms with van der Waals surface area (Å²) in [7, 11) is 0. The average Bonchev–Trinajstić information content (AvgIpc) is 2.39. The fourth-order valence-electron chi connectivity index (χ4n) is 2.22. The Morgan fingerprint density at radius 2 is 2.19 bits per heavy atom. The Morgan fingerprint density at radius 1 is 1.43 bits per heavy atom. The second-order valence-electron chi connectivity index (χ2n) is 5.22. The first-order chi connectivity index (χ1) is 9.16. The van der Waals surface area contributed by atoms with Gasteiger partial charge in [-0.1, -0.05) is 0 Å². The monoisotopic (exact) mass is 334 g/mol. The van der Waals surface area contributed by atoms with E-state index >= 15 is 0 Å². The minimum Gasteiger partial charge on any atom is -0.367 e. The SMILES string of the molecule is CC(C)Nc1ncccc1C(=O)NC1CCCNC1.Cl.Cl. The van der Waals surface area contributed by atoms with Gasteiger partial charge in [0.2, 0.25) is 0 Å². The van der Waals surface area contributed by atoms with Gasteiger partial charge in [0, 0.05) is 24.8 Å². The number of carbonyl (C=O) groups excluding carboxylic acids is 1. The van der Waals surface area contributed by atoms with E-state index < -0.39 is 0 Å². The van der Waals surface area contributed by atoms with Crippen LogP contribution >= 0.6 is 24.8 Å². The van der Waals surface area contributed by atoms with Crippen molar-refractivity contribution in [1.29, 1.82) is 0 Å². The van der Waals surface area contributed by atoms with E-state index in [1.165, 1.54) is 0 Å². The Kier molecular flexibility index (Phi) is 9.33. The summed E-state index contributed by atoms with van der Waals surface area (Å²) >= 11 is 0. The normalized spacial score (nSPS) is 17.4. The molecule has 1 saturated heterocycles. The number of nitrogens with one attached hydrogen (secondary N) is 3. The Morgan fingerprint density at radius 3 is 2.81 bits per heavy atom. The molecule has 2 rings (SSSR count). The Balaban J connectivity index is 0.00000200. The minimum absolute atomic E-state index is 0. The number of nitrogens with zero attached hydrogens (tertiary/aromatic N) is 1. The van der Waals surface area contributed by atoms with Crippen LogP contribution in [0.5, 0.6) is 0 Å². The largest absolute Gasteiger partial charge is 0.367 e. The summed E-state index contributed by atoms with van der Waals surface area (Å²) in [4.78, 5) is 16.5. The quantitative estimate of drug-likeness (QED) is 0.789. The van der Waals surface area contributed by atoms with Gasteiger partial charge >= 0.3 is 0 Å². The number of aromatic nitrogens is 1. The first kappa shape index (κ1) is 20.0. The maximum Gasteiger partial charge on any atom is 0.255 e. The molecule has 0 aromatic carbocycles. The van der Waals surface area contributed by atoms with Crippen molar-refractivity contribution in [2.24, 2.45) is 0 Å². The van der Waals surface area contributed by atoms with E-state index in [4.69, 9.17) is 0 Å². The third-order valence-electron chi connectivity index (χ3n) is 3.11. The Hall–Kier alpha value is -1.04. The number of amides is 1. The van der Waals surface area contributed by atoms with Crippen molar-refractivity contribution >= 4 is 36.5 Å². The van der Waals surface area contributed by atoms with Gasteiger partial charge in [0.05, 0.1) is 5.56 Å². The number of anilines is 1. The summed E-state index contributed by atoms with van der Waals surface area (Å²) in [6.45, 7) is 5.95. The average molecular weight is 335 g/mol. The van der Waals surface area contributed by atoms with Crippen LogP contribution in [0.1, 0.15) is 37.0 Å². The summed E-state index contributed by atoms with van der Waals surface area (Å²) in [6, 6.07) is 4.06. The van der Waals surface area contributed by atoms with Gasteiger partial charge in [-0.05, 0) is 45.4 Å². The van der Waals surface area contributed by atoms with Crippen molar-refractivity contribution in [3.63, 3.8) is 0 Å².